The zero-order valence-corrected chi connectivity index (χ0v) is 15.9. The summed E-state index contributed by atoms with van der Waals surface area (Å²) in [6.07, 6.45) is 1.01. The molecule has 134 valence electrons. The molecule has 0 amide bonds. The Morgan fingerprint density at radius 1 is 1.08 bits per heavy atom. The molecule has 1 heterocycles. The molecule has 0 aromatic heterocycles. The standard InChI is InChI=1S/C18H23N3O2S2/c1-2-9-19-18(24)20-10-12-21(13-11-20)25(22,23)17-8-7-15-5-3-4-6-16(15)14-17/h3-8,14H,2,9-13H2,1H3,(H,19,24). The Kier molecular flexibility index (Phi) is 5.56. The summed E-state index contributed by atoms with van der Waals surface area (Å²) in [4.78, 5) is 2.39. The first-order valence-corrected chi connectivity index (χ1v) is 10.4. The fourth-order valence-electron chi connectivity index (χ4n) is 2.95. The summed E-state index contributed by atoms with van der Waals surface area (Å²) < 4.78 is 27.4. The molecule has 2 aromatic rings. The van der Waals surface area contributed by atoms with Crippen LogP contribution >= 0.6 is 12.2 Å². The van der Waals surface area contributed by atoms with Gasteiger partial charge in [0.15, 0.2) is 5.11 Å². The van der Waals surface area contributed by atoms with Crippen molar-refractivity contribution in [2.75, 3.05) is 32.7 Å². The van der Waals surface area contributed by atoms with Crippen LogP contribution in [-0.2, 0) is 10.0 Å². The molecule has 0 radical (unpaired) electrons. The van der Waals surface area contributed by atoms with Crippen molar-refractivity contribution < 1.29 is 8.42 Å². The summed E-state index contributed by atoms with van der Waals surface area (Å²) >= 11 is 5.36. The van der Waals surface area contributed by atoms with Crippen LogP contribution < -0.4 is 5.32 Å². The van der Waals surface area contributed by atoms with Crippen molar-refractivity contribution in [2.24, 2.45) is 0 Å². The lowest BCUT2D eigenvalue weighted by atomic mass is 10.1. The monoisotopic (exact) mass is 377 g/mol. The highest BCUT2D eigenvalue weighted by Gasteiger charge is 2.29. The molecule has 7 heteroatoms. The number of benzene rings is 2. The van der Waals surface area contributed by atoms with Crippen molar-refractivity contribution in [1.82, 2.24) is 14.5 Å². The van der Waals surface area contributed by atoms with E-state index < -0.39 is 10.0 Å². The van der Waals surface area contributed by atoms with Gasteiger partial charge in [0.05, 0.1) is 4.90 Å². The van der Waals surface area contributed by atoms with E-state index in [4.69, 9.17) is 12.2 Å². The van der Waals surface area contributed by atoms with Crippen LogP contribution in [0.3, 0.4) is 0 Å². The van der Waals surface area contributed by atoms with Crippen molar-refractivity contribution in [2.45, 2.75) is 18.2 Å². The van der Waals surface area contributed by atoms with E-state index in [2.05, 4.69) is 12.2 Å². The lowest BCUT2D eigenvalue weighted by Crippen LogP contribution is -2.53. The van der Waals surface area contributed by atoms with Crippen LogP contribution in [-0.4, -0.2) is 55.5 Å². The normalized spacial score (nSPS) is 16.1. The fourth-order valence-corrected chi connectivity index (χ4v) is 4.69. The predicted molar refractivity (Wildman–Crippen MR) is 105 cm³/mol. The molecule has 0 saturated carbocycles. The quantitative estimate of drug-likeness (QED) is 0.830. The van der Waals surface area contributed by atoms with Gasteiger partial charge >= 0.3 is 0 Å². The minimum atomic E-state index is -3.48. The van der Waals surface area contributed by atoms with E-state index in [0.29, 0.717) is 36.2 Å². The number of rotatable bonds is 4. The highest BCUT2D eigenvalue weighted by molar-refractivity contribution is 7.89. The van der Waals surface area contributed by atoms with Gasteiger partial charge in [-0.25, -0.2) is 8.42 Å². The smallest absolute Gasteiger partial charge is 0.243 e. The lowest BCUT2D eigenvalue weighted by molar-refractivity contribution is 0.264. The molecule has 3 rings (SSSR count). The third-order valence-electron chi connectivity index (χ3n) is 4.41. The highest BCUT2D eigenvalue weighted by atomic mass is 32.2. The average molecular weight is 378 g/mol. The van der Waals surface area contributed by atoms with E-state index >= 15 is 0 Å². The Bertz CT molecular complexity index is 860. The van der Waals surface area contributed by atoms with Gasteiger partial charge in [0.2, 0.25) is 10.0 Å². The summed E-state index contributed by atoms with van der Waals surface area (Å²) in [6.45, 7) is 5.05. The van der Waals surface area contributed by atoms with Gasteiger partial charge in [-0.3, -0.25) is 0 Å². The van der Waals surface area contributed by atoms with E-state index in [1.165, 1.54) is 0 Å². The number of piperazine rings is 1. The van der Waals surface area contributed by atoms with Crippen LogP contribution in [0.1, 0.15) is 13.3 Å². The van der Waals surface area contributed by atoms with Crippen LogP contribution in [0.5, 0.6) is 0 Å². The van der Waals surface area contributed by atoms with E-state index in [-0.39, 0.29) is 0 Å². The summed E-state index contributed by atoms with van der Waals surface area (Å²) in [7, 11) is -3.48. The molecule has 25 heavy (non-hydrogen) atoms. The van der Waals surface area contributed by atoms with E-state index in [9.17, 15) is 8.42 Å². The summed E-state index contributed by atoms with van der Waals surface area (Å²) in [5.41, 5.74) is 0. The van der Waals surface area contributed by atoms with Crippen molar-refractivity contribution in [1.29, 1.82) is 0 Å². The minimum Gasteiger partial charge on any atom is -0.363 e. The van der Waals surface area contributed by atoms with E-state index in [1.807, 2.05) is 35.2 Å². The van der Waals surface area contributed by atoms with Gasteiger partial charge in [-0.15, -0.1) is 0 Å². The molecule has 1 fully saturated rings. The largest absolute Gasteiger partial charge is 0.363 e. The molecule has 1 aliphatic heterocycles. The fraction of sp³-hybridized carbons (Fsp3) is 0.389. The number of fused-ring (bicyclic) bond motifs is 1. The molecule has 0 spiro atoms. The molecule has 1 aliphatic rings. The van der Waals surface area contributed by atoms with Crippen molar-refractivity contribution in [3.63, 3.8) is 0 Å². The summed E-state index contributed by atoms with van der Waals surface area (Å²) in [6, 6.07) is 13.1. The third-order valence-corrected chi connectivity index (χ3v) is 6.71. The number of hydrogen-bond donors (Lipinski definition) is 1. The summed E-state index contributed by atoms with van der Waals surface area (Å²) in [5.74, 6) is 0. The number of hydrogen-bond acceptors (Lipinski definition) is 3. The number of nitrogens with zero attached hydrogens (tertiary/aromatic N) is 2. The number of nitrogens with one attached hydrogen (secondary N) is 1. The maximum atomic E-state index is 12.9. The van der Waals surface area contributed by atoms with Crippen LogP contribution in [0.4, 0.5) is 0 Å². The third kappa shape index (κ3) is 3.94. The predicted octanol–water partition coefficient (Wildman–Crippen LogP) is 2.43. The van der Waals surface area contributed by atoms with Gasteiger partial charge in [0.1, 0.15) is 0 Å². The van der Waals surface area contributed by atoms with E-state index in [0.717, 1.165) is 23.7 Å². The topological polar surface area (TPSA) is 52.6 Å². The molecule has 0 bridgehead atoms. The van der Waals surface area contributed by atoms with E-state index in [1.54, 1.807) is 16.4 Å². The number of thiocarbonyl (C=S) groups is 1. The first-order chi connectivity index (χ1) is 12.0. The van der Waals surface area contributed by atoms with Gasteiger partial charge in [-0.1, -0.05) is 37.3 Å². The maximum absolute atomic E-state index is 12.9. The summed E-state index contributed by atoms with van der Waals surface area (Å²) in [5, 5.41) is 5.89. The van der Waals surface area contributed by atoms with Crippen LogP contribution in [0.15, 0.2) is 47.4 Å². The van der Waals surface area contributed by atoms with Crippen molar-refractivity contribution in [3.05, 3.63) is 42.5 Å². The maximum Gasteiger partial charge on any atom is 0.243 e. The van der Waals surface area contributed by atoms with Gasteiger partial charge < -0.3 is 10.2 Å². The van der Waals surface area contributed by atoms with Crippen molar-refractivity contribution >= 4 is 38.1 Å². The molecular weight excluding hydrogens is 354 g/mol. The average Bonchev–Trinajstić information content (AvgIpc) is 2.65. The van der Waals surface area contributed by atoms with Crippen LogP contribution in [0.2, 0.25) is 0 Å². The Morgan fingerprint density at radius 2 is 1.76 bits per heavy atom. The molecule has 0 aliphatic carbocycles. The zero-order valence-electron chi connectivity index (χ0n) is 14.3. The SMILES string of the molecule is CCCNC(=S)N1CCN(S(=O)(=O)c2ccc3ccccc3c2)CC1. The first-order valence-electron chi connectivity index (χ1n) is 8.54. The second-order valence-electron chi connectivity index (χ2n) is 6.13. The first kappa shape index (κ1) is 18.1. The Hall–Kier alpha value is -1.70. The van der Waals surface area contributed by atoms with Gasteiger partial charge in [-0.05, 0) is 41.5 Å². The second kappa shape index (κ2) is 7.68. The van der Waals surface area contributed by atoms with Crippen LogP contribution in [0.25, 0.3) is 10.8 Å². The molecule has 1 N–H and O–H groups in total. The van der Waals surface area contributed by atoms with Gasteiger partial charge in [0, 0.05) is 32.7 Å². The molecule has 5 nitrogen and oxygen atoms in total. The molecule has 1 saturated heterocycles. The molecule has 0 atom stereocenters. The molecular formula is C18H23N3O2S2. The highest BCUT2D eigenvalue weighted by Crippen LogP contribution is 2.22. The van der Waals surface area contributed by atoms with Crippen molar-refractivity contribution in [3.8, 4) is 0 Å². The molecule has 2 aromatic carbocycles. The van der Waals surface area contributed by atoms with Gasteiger partial charge in [-0.2, -0.15) is 4.31 Å². The Labute approximate surface area is 154 Å². The van der Waals surface area contributed by atoms with Crippen LogP contribution in [0, 0.1) is 0 Å². The zero-order chi connectivity index (χ0) is 17.9. The second-order valence-corrected chi connectivity index (χ2v) is 8.46. The van der Waals surface area contributed by atoms with Gasteiger partial charge in [0.25, 0.3) is 0 Å². The minimum absolute atomic E-state index is 0.353. The Morgan fingerprint density at radius 3 is 2.44 bits per heavy atom. The number of sulfonamides is 1. The lowest BCUT2D eigenvalue weighted by Gasteiger charge is -2.35. The Balaban J connectivity index is 1.72. The molecule has 0 unspecified atom stereocenters.